The summed E-state index contributed by atoms with van der Waals surface area (Å²) in [6.07, 6.45) is 3.29. The number of piperazine rings is 1. The molecule has 1 atom stereocenters. The van der Waals surface area contributed by atoms with E-state index in [2.05, 4.69) is 56.0 Å². The number of hydrogen-bond acceptors (Lipinski definition) is 7. The molecule has 0 aliphatic carbocycles. The van der Waals surface area contributed by atoms with Crippen LogP contribution in [0.15, 0.2) is 24.3 Å². The lowest BCUT2D eigenvalue weighted by Gasteiger charge is -2.53. The summed E-state index contributed by atoms with van der Waals surface area (Å²) in [6.45, 7) is 10.3. The molecule has 1 amide bonds. The maximum absolute atomic E-state index is 12.0. The van der Waals surface area contributed by atoms with E-state index in [1.54, 1.807) is 0 Å². The van der Waals surface area contributed by atoms with E-state index < -0.39 is 5.91 Å². The van der Waals surface area contributed by atoms with Crippen molar-refractivity contribution in [3.05, 3.63) is 45.7 Å². The van der Waals surface area contributed by atoms with Crippen molar-refractivity contribution in [3.63, 3.8) is 0 Å². The Bertz CT molecular complexity index is 1040. The second-order valence-electron chi connectivity index (χ2n) is 9.75. The van der Waals surface area contributed by atoms with Crippen LogP contribution in [0.1, 0.15) is 49.2 Å². The minimum Gasteiger partial charge on any atom is -0.382 e. The molecule has 2 fully saturated rings. The van der Waals surface area contributed by atoms with E-state index in [4.69, 9.17) is 28.9 Å². The largest absolute Gasteiger partial charge is 0.382 e. The van der Waals surface area contributed by atoms with Crippen LogP contribution in [-0.2, 0) is 6.54 Å². The molecule has 0 radical (unpaired) electrons. The summed E-state index contributed by atoms with van der Waals surface area (Å²) < 4.78 is 0. The molecule has 4 rings (SSSR count). The van der Waals surface area contributed by atoms with Crippen LogP contribution in [0.4, 0.5) is 11.6 Å². The highest BCUT2D eigenvalue weighted by Crippen LogP contribution is 2.35. The molecule has 2 aromatic rings. The molecule has 35 heavy (non-hydrogen) atoms. The molecule has 0 spiro atoms. The van der Waals surface area contributed by atoms with E-state index >= 15 is 0 Å². The molecule has 8 nitrogen and oxygen atoms in total. The van der Waals surface area contributed by atoms with Crippen molar-refractivity contribution in [2.75, 3.05) is 50.4 Å². The van der Waals surface area contributed by atoms with Crippen LogP contribution in [0.25, 0.3) is 0 Å². The van der Waals surface area contributed by atoms with E-state index in [0.717, 1.165) is 63.6 Å². The number of amides is 1. The lowest BCUT2D eigenvalue weighted by Crippen LogP contribution is -2.63. The van der Waals surface area contributed by atoms with Crippen molar-refractivity contribution < 1.29 is 4.79 Å². The zero-order valence-electron chi connectivity index (χ0n) is 20.7. The summed E-state index contributed by atoms with van der Waals surface area (Å²) in [7, 11) is 1.53. The number of benzene rings is 1. The number of anilines is 2. The maximum Gasteiger partial charge on any atom is 0.273 e. The smallest absolute Gasteiger partial charge is 0.273 e. The van der Waals surface area contributed by atoms with Crippen molar-refractivity contribution in [2.45, 2.75) is 51.2 Å². The highest BCUT2D eigenvalue weighted by atomic mass is 35.5. The molecule has 2 saturated heterocycles. The topological polar surface area (TPSA) is 90.6 Å². The molecule has 3 N–H and O–H groups in total. The van der Waals surface area contributed by atoms with E-state index in [9.17, 15) is 4.79 Å². The van der Waals surface area contributed by atoms with Gasteiger partial charge in [0.25, 0.3) is 5.91 Å². The van der Waals surface area contributed by atoms with Crippen molar-refractivity contribution >= 4 is 40.7 Å². The molecule has 2 aliphatic heterocycles. The summed E-state index contributed by atoms with van der Waals surface area (Å²) in [6, 6.07) is 8.53. The van der Waals surface area contributed by atoms with Gasteiger partial charge >= 0.3 is 0 Å². The number of aromatic nitrogens is 2. The van der Waals surface area contributed by atoms with Gasteiger partial charge in [-0.05, 0) is 43.9 Å². The van der Waals surface area contributed by atoms with Gasteiger partial charge in [-0.3, -0.25) is 14.6 Å². The Balaban J connectivity index is 1.41. The third kappa shape index (κ3) is 5.66. The van der Waals surface area contributed by atoms with Gasteiger partial charge < -0.3 is 16.0 Å². The Kier molecular flexibility index (Phi) is 8.06. The third-order valence-corrected chi connectivity index (χ3v) is 8.01. The van der Waals surface area contributed by atoms with E-state index in [1.807, 2.05) is 12.1 Å². The number of carbonyl (C=O) groups is 1. The second-order valence-corrected chi connectivity index (χ2v) is 10.5. The van der Waals surface area contributed by atoms with Crippen LogP contribution in [0.5, 0.6) is 0 Å². The Hall–Kier alpha value is -2.13. The van der Waals surface area contributed by atoms with Gasteiger partial charge in [-0.15, -0.1) is 0 Å². The van der Waals surface area contributed by atoms with Crippen molar-refractivity contribution in [1.82, 2.24) is 25.1 Å². The van der Waals surface area contributed by atoms with Gasteiger partial charge in [-0.2, -0.15) is 0 Å². The SMILES string of the molecule is CCC1CN(c2nc(N)c(C(=O)NC)nc2Cl)CCN1C1(C)CCN(Cc2ccc(Cl)cc2)CC1. The van der Waals surface area contributed by atoms with Crippen LogP contribution < -0.4 is 16.0 Å². The predicted molar refractivity (Wildman–Crippen MR) is 142 cm³/mol. The first kappa shape index (κ1) is 25.9. The first-order chi connectivity index (χ1) is 16.7. The van der Waals surface area contributed by atoms with Gasteiger partial charge in [-0.1, -0.05) is 42.3 Å². The highest BCUT2D eigenvalue weighted by Gasteiger charge is 2.41. The van der Waals surface area contributed by atoms with Crippen LogP contribution in [0, 0.1) is 0 Å². The first-order valence-corrected chi connectivity index (χ1v) is 13.0. The van der Waals surface area contributed by atoms with E-state index in [-0.39, 0.29) is 22.2 Å². The second kappa shape index (κ2) is 10.9. The predicted octanol–water partition coefficient (Wildman–Crippen LogP) is 3.68. The molecule has 1 aromatic heterocycles. The molecule has 10 heteroatoms. The standard InChI is InChI=1S/C25H35Cl2N7O/c1-4-19-16-33(23-21(27)30-20(22(28)31-23)24(35)29-3)13-14-34(19)25(2)9-11-32(12-10-25)15-17-5-7-18(26)8-6-17/h5-8,19H,4,9-16H2,1-3H3,(H2,28,31)(H,29,35). The molecular weight excluding hydrogens is 485 g/mol. The molecule has 1 unspecified atom stereocenters. The fraction of sp³-hybridized carbons (Fsp3) is 0.560. The third-order valence-electron chi connectivity index (χ3n) is 7.51. The van der Waals surface area contributed by atoms with E-state index in [1.165, 1.54) is 12.6 Å². The van der Waals surface area contributed by atoms with Gasteiger partial charge in [0.2, 0.25) is 0 Å². The number of hydrogen-bond donors (Lipinski definition) is 2. The molecule has 3 heterocycles. The highest BCUT2D eigenvalue weighted by molar-refractivity contribution is 6.32. The van der Waals surface area contributed by atoms with Crippen LogP contribution in [-0.4, -0.2) is 77.0 Å². The minimum atomic E-state index is -0.393. The normalized spacial score (nSPS) is 21.2. The van der Waals surface area contributed by atoms with Crippen molar-refractivity contribution in [3.8, 4) is 0 Å². The number of likely N-dealkylation sites (tertiary alicyclic amines) is 1. The number of nitrogens with zero attached hydrogens (tertiary/aromatic N) is 5. The number of nitrogens with two attached hydrogens (primary N) is 1. The number of piperidine rings is 1. The van der Waals surface area contributed by atoms with Crippen molar-refractivity contribution in [1.29, 1.82) is 0 Å². The Morgan fingerprint density at radius 3 is 2.46 bits per heavy atom. The molecule has 1 aromatic carbocycles. The fourth-order valence-corrected chi connectivity index (χ4v) is 5.71. The van der Waals surface area contributed by atoms with E-state index in [0.29, 0.717) is 11.9 Å². The number of rotatable bonds is 6. The Morgan fingerprint density at radius 1 is 1.14 bits per heavy atom. The average Bonchev–Trinajstić information content (AvgIpc) is 2.87. The zero-order chi connectivity index (χ0) is 25.2. The number of carbonyl (C=O) groups excluding carboxylic acids is 1. The fourth-order valence-electron chi connectivity index (χ4n) is 5.34. The van der Waals surface area contributed by atoms with Gasteiger partial charge in [-0.25, -0.2) is 9.97 Å². The minimum absolute atomic E-state index is 0.0600. The number of halogens is 2. The molecule has 0 bridgehead atoms. The van der Waals surface area contributed by atoms with Crippen LogP contribution >= 0.6 is 23.2 Å². The van der Waals surface area contributed by atoms with Crippen LogP contribution in [0.2, 0.25) is 10.2 Å². The molecular formula is C25H35Cl2N7O. The lowest BCUT2D eigenvalue weighted by atomic mass is 9.85. The maximum atomic E-state index is 12.0. The quantitative estimate of drug-likeness (QED) is 0.601. The van der Waals surface area contributed by atoms with Gasteiger partial charge in [0.15, 0.2) is 22.5 Å². The Labute approximate surface area is 217 Å². The molecule has 0 saturated carbocycles. The monoisotopic (exact) mass is 519 g/mol. The summed E-state index contributed by atoms with van der Waals surface area (Å²) in [4.78, 5) is 28.1. The average molecular weight is 521 g/mol. The van der Waals surface area contributed by atoms with Gasteiger partial charge in [0, 0.05) is 62.9 Å². The summed E-state index contributed by atoms with van der Waals surface area (Å²) in [5, 5.41) is 3.51. The molecule has 190 valence electrons. The van der Waals surface area contributed by atoms with Gasteiger partial charge in [0.1, 0.15) is 0 Å². The summed E-state index contributed by atoms with van der Waals surface area (Å²) in [5.74, 6) is 0.257. The molecule has 2 aliphatic rings. The number of nitrogens with one attached hydrogen (secondary N) is 1. The summed E-state index contributed by atoms with van der Waals surface area (Å²) in [5.41, 5.74) is 7.56. The first-order valence-electron chi connectivity index (χ1n) is 12.3. The summed E-state index contributed by atoms with van der Waals surface area (Å²) >= 11 is 12.5. The lowest BCUT2D eigenvalue weighted by molar-refractivity contribution is -0.00584. The van der Waals surface area contributed by atoms with Gasteiger partial charge in [0.05, 0.1) is 0 Å². The zero-order valence-corrected chi connectivity index (χ0v) is 22.2. The number of nitrogen functional groups attached to an aromatic ring is 1. The van der Waals surface area contributed by atoms with Crippen LogP contribution in [0.3, 0.4) is 0 Å². The Morgan fingerprint density at radius 2 is 1.83 bits per heavy atom. The van der Waals surface area contributed by atoms with Crippen molar-refractivity contribution in [2.24, 2.45) is 0 Å².